The SMILES string of the molecule is CN1CCC(CCNCc2occc2C(=O)O)CC1. The molecule has 106 valence electrons. The molecule has 0 aliphatic carbocycles. The molecule has 0 atom stereocenters. The maximum atomic E-state index is 10.9. The van der Waals surface area contributed by atoms with Crippen molar-refractivity contribution in [2.24, 2.45) is 5.92 Å². The predicted molar refractivity (Wildman–Crippen MR) is 72.2 cm³/mol. The third-order valence-corrected chi connectivity index (χ3v) is 3.83. The number of furan rings is 1. The number of piperidine rings is 1. The zero-order chi connectivity index (χ0) is 13.7. The molecule has 2 N–H and O–H groups in total. The predicted octanol–water partition coefficient (Wildman–Crippen LogP) is 1.80. The van der Waals surface area contributed by atoms with Crippen LogP contribution in [0.15, 0.2) is 16.7 Å². The molecule has 0 spiro atoms. The first-order chi connectivity index (χ1) is 9.16. The number of nitrogens with one attached hydrogen (secondary N) is 1. The number of carboxylic acid groups (broad SMARTS) is 1. The van der Waals surface area contributed by atoms with Gasteiger partial charge in [-0.05, 0) is 57.9 Å². The minimum absolute atomic E-state index is 0.256. The molecule has 0 bridgehead atoms. The third kappa shape index (κ3) is 4.08. The van der Waals surface area contributed by atoms with Crippen LogP contribution < -0.4 is 5.32 Å². The lowest BCUT2D eigenvalue weighted by Crippen LogP contribution is -2.31. The van der Waals surface area contributed by atoms with E-state index >= 15 is 0 Å². The summed E-state index contributed by atoms with van der Waals surface area (Å²) in [6.07, 6.45) is 5.10. The summed E-state index contributed by atoms with van der Waals surface area (Å²) in [6, 6.07) is 1.50. The van der Waals surface area contributed by atoms with E-state index in [1.165, 1.54) is 38.3 Å². The van der Waals surface area contributed by atoms with E-state index in [1.54, 1.807) is 0 Å². The van der Waals surface area contributed by atoms with Gasteiger partial charge in [0.2, 0.25) is 0 Å². The van der Waals surface area contributed by atoms with Gasteiger partial charge in [-0.2, -0.15) is 0 Å². The van der Waals surface area contributed by atoms with Crippen LogP contribution in [0, 0.1) is 5.92 Å². The number of hydrogen-bond acceptors (Lipinski definition) is 4. The van der Waals surface area contributed by atoms with E-state index in [9.17, 15) is 4.79 Å². The molecule has 1 aromatic heterocycles. The number of carboxylic acids is 1. The third-order valence-electron chi connectivity index (χ3n) is 3.83. The summed E-state index contributed by atoms with van der Waals surface area (Å²) in [5.41, 5.74) is 0.256. The smallest absolute Gasteiger partial charge is 0.339 e. The summed E-state index contributed by atoms with van der Waals surface area (Å²) in [5, 5.41) is 12.2. The molecule has 1 aliphatic rings. The molecule has 1 aromatic rings. The first kappa shape index (κ1) is 14.1. The number of hydrogen-bond donors (Lipinski definition) is 2. The van der Waals surface area contributed by atoms with Crippen molar-refractivity contribution in [3.8, 4) is 0 Å². The summed E-state index contributed by atoms with van der Waals surface area (Å²) in [4.78, 5) is 13.3. The van der Waals surface area contributed by atoms with Crippen LogP contribution in [0.2, 0.25) is 0 Å². The summed E-state index contributed by atoms with van der Waals surface area (Å²) in [6.45, 7) is 3.77. The van der Waals surface area contributed by atoms with E-state index in [-0.39, 0.29) is 5.56 Å². The Morgan fingerprint density at radius 3 is 2.95 bits per heavy atom. The van der Waals surface area contributed by atoms with Crippen LogP contribution in [0.25, 0.3) is 0 Å². The molecule has 5 nitrogen and oxygen atoms in total. The fourth-order valence-electron chi connectivity index (χ4n) is 2.53. The van der Waals surface area contributed by atoms with Gasteiger partial charge in [0, 0.05) is 0 Å². The molecule has 0 saturated carbocycles. The van der Waals surface area contributed by atoms with E-state index in [0.29, 0.717) is 12.3 Å². The minimum atomic E-state index is -0.930. The second-order valence-electron chi connectivity index (χ2n) is 5.27. The topological polar surface area (TPSA) is 65.7 Å². The van der Waals surface area contributed by atoms with Crippen LogP contribution in [-0.2, 0) is 6.54 Å². The second-order valence-corrected chi connectivity index (χ2v) is 5.27. The van der Waals surface area contributed by atoms with E-state index in [1.807, 2.05) is 0 Å². The van der Waals surface area contributed by atoms with Crippen molar-refractivity contribution >= 4 is 5.97 Å². The maximum Gasteiger partial charge on any atom is 0.339 e. The zero-order valence-electron chi connectivity index (χ0n) is 11.4. The summed E-state index contributed by atoms with van der Waals surface area (Å²) >= 11 is 0. The normalized spacial score (nSPS) is 17.7. The fourth-order valence-corrected chi connectivity index (χ4v) is 2.53. The van der Waals surface area contributed by atoms with Gasteiger partial charge in [-0.15, -0.1) is 0 Å². The second kappa shape index (κ2) is 6.73. The Labute approximate surface area is 113 Å². The van der Waals surface area contributed by atoms with E-state index < -0.39 is 5.97 Å². The Morgan fingerprint density at radius 2 is 2.26 bits per heavy atom. The van der Waals surface area contributed by atoms with Crippen LogP contribution in [0.5, 0.6) is 0 Å². The first-order valence-corrected chi connectivity index (χ1v) is 6.85. The highest BCUT2D eigenvalue weighted by atomic mass is 16.4. The van der Waals surface area contributed by atoms with Crippen molar-refractivity contribution in [2.45, 2.75) is 25.8 Å². The number of likely N-dealkylation sites (tertiary alicyclic amines) is 1. The Kier molecular flexibility index (Phi) is 4.99. The van der Waals surface area contributed by atoms with Crippen molar-refractivity contribution in [3.63, 3.8) is 0 Å². The van der Waals surface area contributed by atoms with Crippen LogP contribution >= 0.6 is 0 Å². The number of nitrogens with zero attached hydrogens (tertiary/aromatic N) is 1. The van der Waals surface area contributed by atoms with Gasteiger partial charge in [0.1, 0.15) is 11.3 Å². The molecule has 0 unspecified atom stereocenters. The molecule has 0 aromatic carbocycles. The van der Waals surface area contributed by atoms with Gasteiger partial charge >= 0.3 is 5.97 Å². The summed E-state index contributed by atoms with van der Waals surface area (Å²) in [5.74, 6) is 0.371. The van der Waals surface area contributed by atoms with E-state index in [4.69, 9.17) is 9.52 Å². The molecule has 0 amide bonds. The Hall–Kier alpha value is -1.33. The highest BCUT2D eigenvalue weighted by molar-refractivity contribution is 5.88. The number of rotatable bonds is 6. The van der Waals surface area contributed by atoms with Gasteiger partial charge in [0.25, 0.3) is 0 Å². The van der Waals surface area contributed by atoms with Crippen LogP contribution in [0.4, 0.5) is 0 Å². The monoisotopic (exact) mass is 266 g/mol. The standard InChI is InChI=1S/C14H22N2O3/c1-16-7-3-11(4-8-16)2-6-15-10-13-12(14(17)18)5-9-19-13/h5,9,11,15H,2-4,6-8,10H2,1H3,(H,17,18). The molecule has 0 radical (unpaired) electrons. The number of carbonyl (C=O) groups is 1. The van der Waals surface area contributed by atoms with Gasteiger partial charge in [-0.3, -0.25) is 0 Å². The quantitative estimate of drug-likeness (QED) is 0.769. The molecule has 2 rings (SSSR count). The molecule has 19 heavy (non-hydrogen) atoms. The van der Waals surface area contributed by atoms with E-state index in [2.05, 4.69) is 17.3 Å². The Bertz CT molecular complexity index is 409. The molecule has 1 aliphatic heterocycles. The van der Waals surface area contributed by atoms with Gasteiger partial charge in [-0.25, -0.2) is 4.79 Å². The Morgan fingerprint density at radius 1 is 1.53 bits per heavy atom. The Balaban J connectivity index is 1.66. The highest BCUT2D eigenvalue weighted by Gasteiger charge is 2.16. The van der Waals surface area contributed by atoms with E-state index in [0.717, 1.165) is 18.9 Å². The molecule has 2 heterocycles. The van der Waals surface area contributed by atoms with Gasteiger partial charge < -0.3 is 19.7 Å². The van der Waals surface area contributed by atoms with Gasteiger partial charge in [-0.1, -0.05) is 0 Å². The van der Waals surface area contributed by atoms with Crippen molar-refractivity contribution in [2.75, 3.05) is 26.7 Å². The lowest BCUT2D eigenvalue weighted by molar-refractivity contribution is 0.0694. The van der Waals surface area contributed by atoms with Crippen molar-refractivity contribution < 1.29 is 14.3 Å². The molecular formula is C14H22N2O3. The van der Waals surface area contributed by atoms with Crippen molar-refractivity contribution in [1.29, 1.82) is 0 Å². The fraction of sp³-hybridized carbons (Fsp3) is 0.643. The van der Waals surface area contributed by atoms with Crippen molar-refractivity contribution in [3.05, 3.63) is 23.7 Å². The first-order valence-electron chi connectivity index (χ1n) is 6.85. The molecular weight excluding hydrogens is 244 g/mol. The molecule has 1 saturated heterocycles. The average molecular weight is 266 g/mol. The van der Waals surface area contributed by atoms with Crippen LogP contribution in [0.1, 0.15) is 35.4 Å². The lowest BCUT2D eigenvalue weighted by Gasteiger charge is -2.28. The van der Waals surface area contributed by atoms with Gasteiger partial charge in [0.05, 0.1) is 12.8 Å². The largest absolute Gasteiger partial charge is 0.478 e. The number of aromatic carboxylic acids is 1. The maximum absolute atomic E-state index is 10.9. The molecule has 1 fully saturated rings. The van der Waals surface area contributed by atoms with Crippen LogP contribution in [0.3, 0.4) is 0 Å². The summed E-state index contributed by atoms with van der Waals surface area (Å²) < 4.78 is 5.18. The highest BCUT2D eigenvalue weighted by Crippen LogP contribution is 2.18. The summed E-state index contributed by atoms with van der Waals surface area (Å²) in [7, 11) is 2.17. The van der Waals surface area contributed by atoms with Gasteiger partial charge in [0.15, 0.2) is 0 Å². The zero-order valence-corrected chi connectivity index (χ0v) is 11.4. The average Bonchev–Trinajstić information content (AvgIpc) is 2.85. The lowest BCUT2D eigenvalue weighted by atomic mass is 9.94. The molecule has 5 heteroatoms. The van der Waals surface area contributed by atoms with Crippen LogP contribution in [-0.4, -0.2) is 42.7 Å². The minimum Gasteiger partial charge on any atom is -0.478 e. The van der Waals surface area contributed by atoms with Crippen molar-refractivity contribution in [1.82, 2.24) is 10.2 Å².